The third-order valence-electron chi connectivity index (χ3n) is 5.72. The Morgan fingerprint density at radius 2 is 1.65 bits per heavy atom. The molecule has 2 amide bonds. The fourth-order valence-electron chi connectivity index (χ4n) is 3.87. The highest BCUT2D eigenvalue weighted by atomic mass is 16.2. The second kappa shape index (κ2) is 11.7. The summed E-state index contributed by atoms with van der Waals surface area (Å²) in [6.45, 7) is 10.8. The van der Waals surface area contributed by atoms with Gasteiger partial charge in [-0.25, -0.2) is 0 Å². The zero-order chi connectivity index (χ0) is 23.0. The molecular formula is C26H38N3O2+. The number of amides is 2. The van der Waals surface area contributed by atoms with E-state index in [1.807, 2.05) is 32.0 Å². The van der Waals surface area contributed by atoms with E-state index >= 15 is 0 Å². The number of rotatable bonds is 10. The summed E-state index contributed by atoms with van der Waals surface area (Å²) in [6, 6.07) is 14.8. The van der Waals surface area contributed by atoms with Crippen LogP contribution < -0.4 is 10.6 Å². The molecular weight excluding hydrogens is 386 g/mol. The minimum Gasteiger partial charge on any atom is -0.332 e. The number of likely N-dealkylation sites (N-methyl/N-ethyl adjacent to an activating group) is 1. The maximum Gasteiger partial charge on any atom is 0.277 e. The Labute approximate surface area is 187 Å². The Hall–Kier alpha value is -2.66. The molecule has 5 heteroatoms. The van der Waals surface area contributed by atoms with Gasteiger partial charge in [0.25, 0.3) is 5.91 Å². The summed E-state index contributed by atoms with van der Waals surface area (Å²) in [4.78, 5) is 26.6. The molecule has 3 N–H and O–H groups in total. The van der Waals surface area contributed by atoms with Gasteiger partial charge in [0, 0.05) is 24.2 Å². The second-order valence-electron chi connectivity index (χ2n) is 8.77. The largest absolute Gasteiger partial charge is 0.332 e. The van der Waals surface area contributed by atoms with E-state index < -0.39 is 0 Å². The lowest BCUT2D eigenvalue weighted by Crippen LogP contribution is -2.88. The van der Waals surface area contributed by atoms with Crippen molar-refractivity contribution in [2.45, 2.75) is 53.5 Å². The number of aryl methyl sites for hydroxylation is 3. The lowest BCUT2D eigenvalue weighted by Gasteiger charge is -2.22. The summed E-state index contributed by atoms with van der Waals surface area (Å²) in [7, 11) is 1.68. The average molecular weight is 425 g/mol. The van der Waals surface area contributed by atoms with Gasteiger partial charge in [0.05, 0.1) is 6.54 Å². The molecule has 1 atom stereocenters. The fourth-order valence-corrected chi connectivity index (χ4v) is 3.87. The van der Waals surface area contributed by atoms with Crippen molar-refractivity contribution in [3.63, 3.8) is 0 Å². The van der Waals surface area contributed by atoms with Crippen molar-refractivity contribution in [1.29, 1.82) is 0 Å². The molecule has 0 aliphatic rings. The first-order valence-corrected chi connectivity index (χ1v) is 11.2. The van der Waals surface area contributed by atoms with E-state index in [2.05, 4.69) is 55.7 Å². The first-order chi connectivity index (χ1) is 14.7. The van der Waals surface area contributed by atoms with Gasteiger partial charge in [-0.05, 0) is 37.0 Å². The van der Waals surface area contributed by atoms with Crippen LogP contribution in [0, 0.1) is 19.8 Å². The maximum atomic E-state index is 12.7. The van der Waals surface area contributed by atoms with Gasteiger partial charge in [-0.15, -0.1) is 0 Å². The quantitative estimate of drug-likeness (QED) is 0.612. The number of nitrogens with zero attached hydrogens (tertiary/aromatic N) is 1. The standard InChI is InChI=1S/C26H37N3O2/c1-7-9-21-12-14-22(15-13-21)25(18(2)3)27-16-24(31)29(6)17-23(30)28-26-19(4)10-8-11-20(26)5/h8,10-15,18,25,27H,7,9,16-17H2,1-6H3,(H,28,30)/p+1/t25-/m1/s1. The fraction of sp³-hybridized carbons (Fsp3) is 0.462. The highest BCUT2D eigenvalue weighted by molar-refractivity contribution is 5.95. The minimum absolute atomic E-state index is 0.0402. The van der Waals surface area contributed by atoms with Crippen molar-refractivity contribution in [3.05, 3.63) is 64.7 Å². The van der Waals surface area contributed by atoms with Crippen molar-refractivity contribution < 1.29 is 14.9 Å². The van der Waals surface area contributed by atoms with Crippen LogP contribution in [-0.4, -0.2) is 36.9 Å². The molecule has 5 nitrogen and oxygen atoms in total. The highest BCUT2D eigenvalue weighted by Crippen LogP contribution is 2.20. The number of quaternary nitrogens is 1. The van der Waals surface area contributed by atoms with Gasteiger partial charge in [-0.2, -0.15) is 0 Å². The number of para-hydroxylation sites is 1. The lowest BCUT2D eigenvalue weighted by molar-refractivity contribution is -0.692. The first kappa shape index (κ1) is 24.6. The van der Waals surface area contributed by atoms with Crippen molar-refractivity contribution in [2.24, 2.45) is 5.92 Å². The van der Waals surface area contributed by atoms with Crippen molar-refractivity contribution in [2.75, 3.05) is 25.5 Å². The predicted octanol–water partition coefficient (Wildman–Crippen LogP) is 3.61. The third kappa shape index (κ3) is 7.21. The summed E-state index contributed by atoms with van der Waals surface area (Å²) < 4.78 is 0. The Balaban J connectivity index is 1.92. The minimum atomic E-state index is -0.180. The first-order valence-electron chi connectivity index (χ1n) is 11.2. The molecule has 0 fully saturated rings. The molecule has 0 aliphatic heterocycles. The van der Waals surface area contributed by atoms with E-state index in [0.717, 1.165) is 29.7 Å². The van der Waals surface area contributed by atoms with E-state index in [4.69, 9.17) is 0 Å². The van der Waals surface area contributed by atoms with E-state index in [0.29, 0.717) is 12.5 Å². The smallest absolute Gasteiger partial charge is 0.277 e. The third-order valence-corrected chi connectivity index (χ3v) is 5.72. The summed E-state index contributed by atoms with van der Waals surface area (Å²) in [5.74, 6) is 0.160. The van der Waals surface area contributed by atoms with Crippen LogP contribution in [0.25, 0.3) is 0 Å². The number of nitrogens with two attached hydrogens (primary N) is 1. The molecule has 0 spiro atoms. The summed E-state index contributed by atoms with van der Waals surface area (Å²) in [5.41, 5.74) is 5.43. The van der Waals surface area contributed by atoms with Gasteiger partial charge in [0.2, 0.25) is 5.91 Å². The average Bonchev–Trinajstić information content (AvgIpc) is 2.72. The van der Waals surface area contributed by atoms with Crippen LogP contribution in [0.2, 0.25) is 0 Å². The maximum absolute atomic E-state index is 12.7. The van der Waals surface area contributed by atoms with Crippen LogP contribution in [0.4, 0.5) is 5.69 Å². The van der Waals surface area contributed by atoms with E-state index in [-0.39, 0.29) is 24.4 Å². The van der Waals surface area contributed by atoms with Crippen LogP contribution in [0.5, 0.6) is 0 Å². The number of hydrogen-bond donors (Lipinski definition) is 2. The summed E-state index contributed by atoms with van der Waals surface area (Å²) >= 11 is 0. The molecule has 0 bridgehead atoms. The molecule has 0 aromatic heterocycles. The van der Waals surface area contributed by atoms with Gasteiger partial charge in [-0.3, -0.25) is 9.59 Å². The molecule has 2 rings (SSSR count). The summed E-state index contributed by atoms with van der Waals surface area (Å²) in [6.07, 6.45) is 2.22. The number of anilines is 1. The number of carbonyl (C=O) groups excluding carboxylic acids is 2. The highest BCUT2D eigenvalue weighted by Gasteiger charge is 2.22. The van der Waals surface area contributed by atoms with Gasteiger partial charge in [0.1, 0.15) is 6.04 Å². The summed E-state index contributed by atoms with van der Waals surface area (Å²) in [5, 5.41) is 5.03. The van der Waals surface area contributed by atoms with Gasteiger partial charge in [0.15, 0.2) is 6.54 Å². The molecule has 0 aliphatic carbocycles. The van der Waals surface area contributed by atoms with Crippen molar-refractivity contribution >= 4 is 17.5 Å². The molecule has 2 aromatic carbocycles. The molecule has 168 valence electrons. The zero-order valence-electron chi connectivity index (χ0n) is 19.9. The number of benzene rings is 2. The predicted molar refractivity (Wildman–Crippen MR) is 127 cm³/mol. The molecule has 0 unspecified atom stereocenters. The van der Waals surface area contributed by atoms with Crippen molar-refractivity contribution in [3.8, 4) is 0 Å². The lowest BCUT2D eigenvalue weighted by atomic mass is 9.94. The number of carbonyl (C=O) groups is 2. The SMILES string of the molecule is CCCc1ccc([C@H]([NH2+]CC(=O)N(C)CC(=O)Nc2c(C)cccc2C)C(C)C)cc1. The van der Waals surface area contributed by atoms with Crippen LogP contribution >= 0.6 is 0 Å². The zero-order valence-corrected chi connectivity index (χ0v) is 19.9. The molecule has 31 heavy (non-hydrogen) atoms. The molecule has 2 aromatic rings. The van der Waals surface area contributed by atoms with Gasteiger partial charge < -0.3 is 15.5 Å². The van der Waals surface area contributed by atoms with Crippen molar-refractivity contribution in [1.82, 2.24) is 4.90 Å². The monoisotopic (exact) mass is 424 g/mol. The molecule has 0 radical (unpaired) electrons. The molecule has 0 saturated carbocycles. The second-order valence-corrected chi connectivity index (χ2v) is 8.77. The number of hydrogen-bond acceptors (Lipinski definition) is 2. The van der Waals surface area contributed by atoms with Crippen LogP contribution in [0.1, 0.15) is 55.5 Å². The Kier molecular flexibility index (Phi) is 9.25. The van der Waals surface area contributed by atoms with Crippen LogP contribution in [0.15, 0.2) is 42.5 Å². The van der Waals surface area contributed by atoms with Crippen LogP contribution in [0.3, 0.4) is 0 Å². The topological polar surface area (TPSA) is 66.0 Å². The van der Waals surface area contributed by atoms with E-state index in [9.17, 15) is 9.59 Å². The number of nitrogens with one attached hydrogen (secondary N) is 1. The Morgan fingerprint density at radius 1 is 1.03 bits per heavy atom. The molecule has 0 heterocycles. The van der Waals surface area contributed by atoms with Gasteiger partial charge >= 0.3 is 0 Å². The van der Waals surface area contributed by atoms with Gasteiger partial charge in [-0.1, -0.05) is 69.7 Å². The van der Waals surface area contributed by atoms with E-state index in [1.54, 1.807) is 7.05 Å². The van der Waals surface area contributed by atoms with E-state index in [1.165, 1.54) is 16.0 Å². The Morgan fingerprint density at radius 3 is 2.19 bits per heavy atom. The Bertz CT molecular complexity index is 854. The van der Waals surface area contributed by atoms with Crippen LogP contribution in [-0.2, 0) is 16.0 Å². The normalized spacial score (nSPS) is 12.0. The molecule has 0 saturated heterocycles.